The first-order valence-electron chi connectivity index (χ1n) is 23.6. The molecule has 0 amide bonds. The first kappa shape index (κ1) is 60.0. The third-order valence-electron chi connectivity index (χ3n) is 10.9. The summed E-state index contributed by atoms with van der Waals surface area (Å²) in [5.74, 6) is -0.317. The fraction of sp³-hybridized carbons (Fsp3) is 0.930. The van der Waals surface area contributed by atoms with Crippen LogP contribution in [0.4, 0.5) is 0 Å². The van der Waals surface area contributed by atoms with Crippen molar-refractivity contribution in [1.82, 2.24) is 0 Å². The molecule has 8 atom stereocenters. The van der Waals surface area contributed by atoms with E-state index in [4.69, 9.17) is 28.3 Å². The third-order valence-corrected chi connectivity index (χ3v) is 13.5. The smallest absolute Gasteiger partial charge is 0.462 e. The van der Waals surface area contributed by atoms with Gasteiger partial charge in [0.05, 0.1) is 6.61 Å². The van der Waals surface area contributed by atoms with Gasteiger partial charge in [0.15, 0.2) is 11.2 Å². The van der Waals surface area contributed by atoms with Crippen molar-refractivity contribution >= 4 is 44.5 Å². The lowest BCUT2D eigenvalue weighted by atomic mass is 9.85. The Labute approximate surface area is 380 Å². The molecule has 0 bridgehead atoms. The zero-order valence-electron chi connectivity index (χ0n) is 38.0. The Morgan fingerprint density at radius 2 is 0.937 bits per heavy atom. The van der Waals surface area contributed by atoms with Gasteiger partial charge >= 0.3 is 27.6 Å². The Morgan fingerprint density at radius 1 is 0.508 bits per heavy atom. The normalized spacial score (nSPS) is 21.8. The lowest BCUT2D eigenvalue weighted by Crippen LogP contribution is -2.64. The van der Waals surface area contributed by atoms with E-state index in [1.165, 1.54) is 82.4 Å². The van der Waals surface area contributed by atoms with Crippen molar-refractivity contribution in [2.75, 3.05) is 19.0 Å². The van der Waals surface area contributed by atoms with Crippen molar-refractivity contribution in [3.63, 3.8) is 0 Å². The van der Waals surface area contributed by atoms with Crippen molar-refractivity contribution in [1.29, 1.82) is 0 Å². The van der Waals surface area contributed by atoms with Crippen LogP contribution in [0, 0.1) is 0 Å². The van der Waals surface area contributed by atoms with Crippen molar-refractivity contribution in [2.45, 2.75) is 236 Å². The molecule has 0 aromatic heterocycles. The molecule has 0 aromatic carbocycles. The predicted molar refractivity (Wildman–Crippen MR) is 241 cm³/mol. The molecule has 63 heavy (non-hydrogen) atoms. The Balaban J connectivity index is 2.56. The maximum atomic E-state index is 13.0. The quantitative estimate of drug-likeness (QED) is 0.0174. The molecule has 1 saturated carbocycles. The predicted octanol–water partition coefficient (Wildman–Crippen LogP) is 8.10. The molecule has 0 radical (unpaired) electrons. The number of hydrogen-bond donors (Lipinski definition) is 7. The fourth-order valence-electron chi connectivity index (χ4n) is 7.28. The van der Waals surface area contributed by atoms with Crippen LogP contribution in [0.3, 0.4) is 0 Å². The highest BCUT2D eigenvalue weighted by Crippen LogP contribution is 2.49. The minimum absolute atomic E-state index is 0.0404. The van der Waals surface area contributed by atoms with Crippen molar-refractivity contribution in [3.05, 3.63) is 0 Å². The van der Waals surface area contributed by atoms with Gasteiger partial charge < -0.3 is 44.6 Å². The Kier molecular flexibility index (Phi) is 34.4. The van der Waals surface area contributed by atoms with E-state index in [1.807, 2.05) is 6.92 Å². The van der Waals surface area contributed by atoms with Gasteiger partial charge in [-0.3, -0.25) is 28.0 Å². The summed E-state index contributed by atoms with van der Waals surface area (Å²) in [6.07, 6.45) is 12.8. The number of aliphatic hydroxyl groups excluding tert-OH is 4. The third kappa shape index (κ3) is 30.8. The Morgan fingerprint density at radius 3 is 1.40 bits per heavy atom. The van der Waals surface area contributed by atoms with E-state index in [9.17, 15) is 48.8 Å². The number of rotatable bonds is 40. The molecule has 7 N–H and O–H groups in total. The van der Waals surface area contributed by atoms with E-state index in [0.29, 0.717) is 19.3 Å². The first-order chi connectivity index (χ1) is 30.0. The van der Waals surface area contributed by atoms with Gasteiger partial charge in [-0.1, -0.05) is 160 Å². The van der Waals surface area contributed by atoms with Gasteiger partial charge in [0, 0.05) is 25.0 Å². The van der Waals surface area contributed by atoms with E-state index in [2.05, 4.69) is 11.4 Å². The number of aliphatic hydroxyl groups is 4. The zero-order chi connectivity index (χ0) is 46.9. The second-order valence-electron chi connectivity index (χ2n) is 16.8. The lowest BCUT2D eigenvalue weighted by Gasteiger charge is -2.43. The van der Waals surface area contributed by atoms with E-state index in [1.54, 1.807) is 0 Å². The van der Waals surface area contributed by atoms with Crippen LogP contribution in [-0.2, 0) is 46.6 Å². The summed E-state index contributed by atoms with van der Waals surface area (Å²) in [6.45, 7) is 2.87. The molecule has 4 unspecified atom stereocenters. The number of ether oxygens (including phenoxy) is 2. The summed E-state index contributed by atoms with van der Waals surface area (Å²) in [5.41, 5.74) is 0. The van der Waals surface area contributed by atoms with Crippen LogP contribution < -0.4 is 0 Å². The molecule has 0 saturated heterocycles. The number of hydrogen-bond acceptors (Lipinski definition) is 15. The van der Waals surface area contributed by atoms with Crippen molar-refractivity contribution in [2.24, 2.45) is 0 Å². The maximum Gasteiger partial charge on any atom is 0.472 e. The van der Waals surface area contributed by atoms with E-state index >= 15 is 0 Å². The summed E-state index contributed by atoms with van der Waals surface area (Å²) >= 11 is 1.45. The van der Waals surface area contributed by atoms with Crippen LogP contribution in [0.1, 0.15) is 194 Å². The van der Waals surface area contributed by atoms with E-state index in [-0.39, 0.29) is 18.0 Å². The lowest BCUT2D eigenvalue weighted by molar-refractivity contribution is -0.216. The SMILES string of the molecule is CCCCCCCCCCCCCCCC(=O)O[C@H](COC(=O)CCCCCCCCCCCCCSC(=O)CCC)COP(=O)(O)OC1C(O)[C@@H](OP(=O)(O)O)C(O)[C@@H](O)[C@H]1O. The van der Waals surface area contributed by atoms with Gasteiger partial charge in [-0.05, 0) is 25.7 Å². The molecular weight excluding hydrogens is 882 g/mol. The summed E-state index contributed by atoms with van der Waals surface area (Å²) in [6, 6.07) is 0. The number of carbonyl (C=O) groups is 3. The van der Waals surface area contributed by atoms with Gasteiger partial charge in [0.25, 0.3) is 0 Å². The number of unbranched alkanes of at least 4 members (excludes halogenated alkanes) is 22. The van der Waals surface area contributed by atoms with Gasteiger partial charge in [-0.2, -0.15) is 0 Å². The highest BCUT2D eigenvalue weighted by molar-refractivity contribution is 8.13. The Hall–Kier alpha value is -0.980. The molecule has 1 fully saturated rings. The largest absolute Gasteiger partial charge is 0.472 e. The number of phosphoric ester groups is 2. The van der Waals surface area contributed by atoms with Crippen molar-refractivity contribution in [3.8, 4) is 0 Å². The van der Waals surface area contributed by atoms with E-state index < -0.39 is 83.5 Å². The minimum atomic E-state index is -5.36. The van der Waals surface area contributed by atoms with Gasteiger partial charge in [0.2, 0.25) is 0 Å². The summed E-state index contributed by atoms with van der Waals surface area (Å²) in [7, 11) is -10.7. The molecule has 17 nitrogen and oxygen atoms in total. The molecule has 0 aliphatic heterocycles. The van der Waals surface area contributed by atoms with Crippen LogP contribution in [0.25, 0.3) is 0 Å². The molecule has 1 rings (SSSR count). The van der Waals surface area contributed by atoms with Gasteiger partial charge in [-0.25, -0.2) is 9.13 Å². The molecule has 1 aliphatic rings. The first-order valence-corrected chi connectivity index (χ1v) is 27.6. The summed E-state index contributed by atoms with van der Waals surface area (Å²) in [4.78, 5) is 65.8. The molecule has 0 heterocycles. The number of phosphoric acid groups is 2. The zero-order valence-corrected chi connectivity index (χ0v) is 40.6. The summed E-state index contributed by atoms with van der Waals surface area (Å²) in [5, 5.41) is 41.5. The second kappa shape index (κ2) is 36.1. The van der Waals surface area contributed by atoms with Crippen LogP contribution in [0.5, 0.6) is 0 Å². The average Bonchev–Trinajstić information content (AvgIpc) is 3.23. The van der Waals surface area contributed by atoms with Gasteiger partial charge in [0.1, 0.15) is 43.2 Å². The molecule has 20 heteroatoms. The molecule has 372 valence electrons. The monoisotopic (exact) mass is 964 g/mol. The average molecular weight is 965 g/mol. The molecular formula is C43H82O17P2S. The molecule has 0 spiro atoms. The number of thioether (sulfide) groups is 1. The van der Waals surface area contributed by atoms with Crippen LogP contribution in [-0.4, -0.2) is 114 Å². The standard InChI is InChI=1S/C43H82O17P2S/c1-3-5-6-7-8-9-10-11-13-17-20-23-26-30-36(45)58-34(33-57-62(54,55)60-43-40(49)38(47)39(48)42(41(43)50)59-61(51,52)53)32-56-35(44)29-25-22-19-16-14-12-15-18-21-24-27-31-63-37(46)28-4-2/h34,38-43,47-50H,3-33H2,1-2H3,(H,54,55)(H2,51,52,53)/t34-,38-,39?,40-,41?,42+,43?/m1/s1. The van der Waals surface area contributed by atoms with Crippen LogP contribution in [0.2, 0.25) is 0 Å². The van der Waals surface area contributed by atoms with Crippen LogP contribution >= 0.6 is 27.4 Å². The highest BCUT2D eigenvalue weighted by Gasteiger charge is 2.54. The Bertz CT molecular complexity index is 1310. The van der Waals surface area contributed by atoms with Crippen LogP contribution in [0.15, 0.2) is 0 Å². The molecule has 1 aliphatic carbocycles. The fourth-order valence-corrected chi connectivity index (χ4v) is 9.75. The second-order valence-corrected chi connectivity index (χ2v) is 20.5. The number of esters is 2. The minimum Gasteiger partial charge on any atom is -0.462 e. The maximum absolute atomic E-state index is 13.0. The summed E-state index contributed by atoms with van der Waals surface area (Å²) < 4.78 is 49.3. The number of carbonyl (C=O) groups excluding carboxylic acids is 3. The molecule has 0 aromatic rings. The van der Waals surface area contributed by atoms with Gasteiger partial charge in [-0.15, -0.1) is 0 Å². The van der Waals surface area contributed by atoms with E-state index in [0.717, 1.165) is 82.8 Å². The van der Waals surface area contributed by atoms with Crippen molar-refractivity contribution < 1.29 is 81.7 Å². The highest BCUT2D eigenvalue weighted by atomic mass is 32.2. The topological polar surface area (TPSA) is 273 Å².